The number of para-hydroxylation sites is 1. The highest BCUT2D eigenvalue weighted by Gasteiger charge is 2.23. The van der Waals surface area contributed by atoms with Gasteiger partial charge in [0, 0.05) is 32.4 Å². The lowest BCUT2D eigenvalue weighted by Gasteiger charge is -2.29. The second-order valence-electron chi connectivity index (χ2n) is 6.77. The highest BCUT2D eigenvalue weighted by molar-refractivity contribution is 5.86. The molecule has 146 valence electrons. The van der Waals surface area contributed by atoms with Gasteiger partial charge in [0.15, 0.2) is 0 Å². The quantitative estimate of drug-likeness (QED) is 0.608. The van der Waals surface area contributed by atoms with E-state index in [1.807, 2.05) is 30.3 Å². The van der Waals surface area contributed by atoms with Crippen LogP contribution in [-0.2, 0) is 11.3 Å². The van der Waals surface area contributed by atoms with E-state index in [-0.39, 0.29) is 5.43 Å². The zero-order valence-corrected chi connectivity index (χ0v) is 16.1. The fourth-order valence-electron chi connectivity index (χ4n) is 3.58. The van der Waals surface area contributed by atoms with Crippen molar-refractivity contribution in [3.63, 3.8) is 0 Å². The van der Waals surface area contributed by atoms with Gasteiger partial charge < -0.3 is 18.6 Å². The van der Waals surface area contributed by atoms with Crippen LogP contribution in [0.2, 0.25) is 0 Å². The van der Waals surface area contributed by atoms with Crippen molar-refractivity contribution in [1.29, 1.82) is 0 Å². The Morgan fingerprint density at radius 3 is 2.79 bits per heavy atom. The number of fused-ring (bicyclic) bond motifs is 3. The lowest BCUT2D eigenvalue weighted by molar-refractivity contribution is 0.0838. The molecule has 0 radical (unpaired) electrons. The second-order valence-corrected chi connectivity index (χ2v) is 6.77. The molecule has 0 saturated heterocycles. The Bertz CT molecular complexity index is 1040. The summed E-state index contributed by atoms with van der Waals surface area (Å²) in [4.78, 5) is 15.4. The molecule has 1 aromatic heterocycles. The van der Waals surface area contributed by atoms with E-state index in [0.717, 1.165) is 29.8 Å². The summed E-state index contributed by atoms with van der Waals surface area (Å²) in [5.41, 5.74) is 2.61. The van der Waals surface area contributed by atoms with Crippen LogP contribution in [0.25, 0.3) is 22.1 Å². The number of hydrogen-bond acceptors (Lipinski definition) is 6. The third-order valence-electron chi connectivity index (χ3n) is 5.01. The summed E-state index contributed by atoms with van der Waals surface area (Å²) < 4.78 is 22.4. The van der Waals surface area contributed by atoms with Crippen LogP contribution in [-0.4, -0.2) is 39.0 Å². The van der Waals surface area contributed by atoms with Crippen molar-refractivity contribution in [2.45, 2.75) is 13.0 Å². The molecule has 0 amide bonds. The molecule has 4 rings (SSSR count). The highest BCUT2D eigenvalue weighted by Crippen LogP contribution is 2.34. The number of nitrogens with zero attached hydrogens (tertiary/aromatic N) is 1. The molecule has 0 atom stereocenters. The third kappa shape index (κ3) is 3.37. The average Bonchev–Trinajstić information content (AvgIpc) is 2.74. The number of rotatable bonds is 6. The van der Waals surface area contributed by atoms with Gasteiger partial charge in [0.2, 0.25) is 5.43 Å². The van der Waals surface area contributed by atoms with Crippen LogP contribution < -0.4 is 14.9 Å². The van der Waals surface area contributed by atoms with Gasteiger partial charge in [-0.3, -0.25) is 9.69 Å². The minimum atomic E-state index is -0.0787. The standard InChI is InChI=1S/C22H23NO5/c1-25-11-5-10-23-12-17-20(28-14-23)9-8-16-21(24)18(13-27-22(16)17)15-6-3-4-7-19(15)26-2/h3-4,6-9,13H,5,10-12,14H2,1-2H3. The van der Waals surface area contributed by atoms with Gasteiger partial charge in [0.25, 0.3) is 0 Å². The van der Waals surface area contributed by atoms with Crippen molar-refractivity contribution in [2.24, 2.45) is 0 Å². The van der Waals surface area contributed by atoms with Crippen LogP contribution in [0.5, 0.6) is 11.5 Å². The molecular formula is C22H23NO5. The molecule has 0 N–H and O–H groups in total. The van der Waals surface area contributed by atoms with Gasteiger partial charge in [-0.1, -0.05) is 18.2 Å². The molecule has 0 fully saturated rings. The zero-order valence-electron chi connectivity index (χ0n) is 16.1. The van der Waals surface area contributed by atoms with Gasteiger partial charge in [-0.15, -0.1) is 0 Å². The average molecular weight is 381 g/mol. The summed E-state index contributed by atoms with van der Waals surface area (Å²) in [6.45, 7) is 2.75. The molecule has 3 aromatic rings. The molecule has 6 heteroatoms. The molecule has 1 aliphatic rings. The number of methoxy groups -OCH3 is 2. The van der Waals surface area contributed by atoms with E-state index in [4.69, 9.17) is 18.6 Å². The first kappa shape index (κ1) is 18.5. The lowest BCUT2D eigenvalue weighted by Crippen LogP contribution is -2.33. The molecule has 0 saturated carbocycles. The number of benzene rings is 2. The largest absolute Gasteiger partial charge is 0.496 e. The van der Waals surface area contributed by atoms with Crippen LogP contribution in [0.3, 0.4) is 0 Å². The van der Waals surface area contributed by atoms with Crippen LogP contribution in [0.4, 0.5) is 0 Å². The fraction of sp³-hybridized carbons (Fsp3) is 0.318. The van der Waals surface area contributed by atoms with E-state index in [1.165, 1.54) is 6.26 Å². The van der Waals surface area contributed by atoms with Crippen molar-refractivity contribution < 1.29 is 18.6 Å². The van der Waals surface area contributed by atoms with Gasteiger partial charge in [-0.05, 0) is 24.6 Å². The monoisotopic (exact) mass is 381 g/mol. The summed E-state index contributed by atoms with van der Waals surface area (Å²) in [5, 5.41) is 0.546. The SMILES string of the molecule is COCCCN1COc2ccc3c(=O)c(-c4ccccc4OC)coc3c2C1. The van der Waals surface area contributed by atoms with Gasteiger partial charge >= 0.3 is 0 Å². The van der Waals surface area contributed by atoms with Gasteiger partial charge in [-0.2, -0.15) is 0 Å². The Hall–Kier alpha value is -2.83. The molecule has 1 aliphatic heterocycles. The Balaban J connectivity index is 1.74. The van der Waals surface area contributed by atoms with Crippen molar-refractivity contribution in [2.75, 3.05) is 34.1 Å². The summed E-state index contributed by atoms with van der Waals surface area (Å²) in [7, 11) is 3.29. The molecule has 0 unspecified atom stereocenters. The molecule has 2 aromatic carbocycles. The first-order valence-electron chi connectivity index (χ1n) is 9.27. The predicted molar refractivity (Wildman–Crippen MR) is 107 cm³/mol. The van der Waals surface area contributed by atoms with E-state index >= 15 is 0 Å². The molecule has 0 bridgehead atoms. The van der Waals surface area contributed by atoms with Gasteiger partial charge in [-0.25, -0.2) is 0 Å². The predicted octanol–water partition coefficient (Wildman–Crippen LogP) is 3.66. The first-order valence-corrected chi connectivity index (χ1v) is 9.27. The molecule has 6 nitrogen and oxygen atoms in total. The molecule has 2 heterocycles. The summed E-state index contributed by atoms with van der Waals surface area (Å²) in [5.74, 6) is 1.41. The van der Waals surface area contributed by atoms with Crippen molar-refractivity contribution >= 4 is 11.0 Å². The Morgan fingerprint density at radius 1 is 1.11 bits per heavy atom. The summed E-state index contributed by atoms with van der Waals surface area (Å²) in [6.07, 6.45) is 2.44. The third-order valence-corrected chi connectivity index (χ3v) is 5.01. The van der Waals surface area contributed by atoms with E-state index in [9.17, 15) is 4.79 Å². The molecule has 28 heavy (non-hydrogen) atoms. The lowest BCUT2D eigenvalue weighted by atomic mass is 10.0. The Kier molecular flexibility index (Phi) is 5.32. The highest BCUT2D eigenvalue weighted by atomic mass is 16.5. The zero-order chi connectivity index (χ0) is 19.5. The van der Waals surface area contributed by atoms with Gasteiger partial charge in [0.1, 0.15) is 30.1 Å². The first-order chi connectivity index (χ1) is 13.7. The topological polar surface area (TPSA) is 61.1 Å². The number of ether oxygens (including phenoxy) is 3. The van der Waals surface area contributed by atoms with Crippen LogP contribution in [0.1, 0.15) is 12.0 Å². The van der Waals surface area contributed by atoms with E-state index in [1.54, 1.807) is 20.3 Å². The van der Waals surface area contributed by atoms with Crippen LogP contribution in [0, 0.1) is 0 Å². The smallest absolute Gasteiger partial charge is 0.200 e. The van der Waals surface area contributed by atoms with Crippen molar-refractivity contribution in [3.8, 4) is 22.6 Å². The number of hydrogen-bond donors (Lipinski definition) is 0. The van der Waals surface area contributed by atoms with E-state index < -0.39 is 0 Å². The van der Waals surface area contributed by atoms with Crippen LogP contribution in [0.15, 0.2) is 51.9 Å². The Labute approximate surface area is 163 Å². The summed E-state index contributed by atoms with van der Waals surface area (Å²) in [6, 6.07) is 11.1. The Morgan fingerprint density at radius 2 is 1.96 bits per heavy atom. The minimum Gasteiger partial charge on any atom is -0.496 e. The van der Waals surface area contributed by atoms with E-state index in [2.05, 4.69) is 4.90 Å². The second kappa shape index (κ2) is 8.04. The molecule has 0 aliphatic carbocycles. The maximum Gasteiger partial charge on any atom is 0.200 e. The maximum absolute atomic E-state index is 13.2. The van der Waals surface area contributed by atoms with Crippen molar-refractivity contribution in [1.82, 2.24) is 4.90 Å². The normalized spacial score (nSPS) is 13.9. The van der Waals surface area contributed by atoms with Crippen molar-refractivity contribution in [3.05, 3.63) is 58.4 Å². The maximum atomic E-state index is 13.2. The van der Waals surface area contributed by atoms with E-state index in [0.29, 0.717) is 42.2 Å². The fourth-order valence-corrected chi connectivity index (χ4v) is 3.58. The minimum absolute atomic E-state index is 0.0787. The van der Waals surface area contributed by atoms with Crippen LogP contribution >= 0.6 is 0 Å². The molecule has 0 spiro atoms. The van der Waals surface area contributed by atoms with Gasteiger partial charge in [0.05, 0.1) is 23.6 Å². The summed E-state index contributed by atoms with van der Waals surface area (Å²) >= 11 is 0. The molecular weight excluding hydrogens is 358 g/mol.